The zero-order chi connectivity index (χ0) is 17.5. The van der Waals surface area contributed by atoms with Crippen LogP contribution in [0.1, 0.15) is 30.4 Å². The quantitative estimate of drug-likeness (QED) is 0.327. The standard InChI is InChI=1S/C21H22O3/c1-4-17(14-22)20(18-12-10-15(2)11-13-18)16(3)21(23)24-19-8-6-5-7-9-19/h5-14,17,20H,3-4H2,1-2H3/t17-,20-/m0/s1. The van der Waals surface area contributed by atoms with Gasteiger partial charge in [0.1, 0.15) is 12.0 Å². The fourth-order valence-electron chi connectivity index (χ4n) is 2.68. The average Bonchev–Trinajstić information content (AvgIpc) is 2.61. The average molecular weight is 322 g/mol. The summed E-state index contributed by atoms with van der Waals surface area (Å²) in [4.78, 5) is 24.0. The number of aldehydes is 1. The number of hydrogen-bond donors (Lipinski definition) is 0. The predicted octanol–water partition coefficient (Wildman–Crippen LogP) is 4.47. The SMILES string of the molecule is C=C(C(=O)Oc1ccccc1)[C@H](c1ccc(C)cc1)[C@H](C=O)CC. The molecule has 0 N–H and O–H groups in total. The number of aryl methyl sites for hydroxylation is 1. The highest BCUT2D eigenvalue weighted by Gasteiger charge is 2.29. The van der Waals surface area contributed by atoms with Gasteiger partial charge in [-0.3, -0.25) is 0 Å². The molecular weight excluding hydrogens is 300 g/mol. The zero-order valence-electron chi connectivity index (χ0n) is 14.1. The van der Waals surface area contributed by atoms with E-state index in [2.05, 4.69) is 6.58 Å². The van der Waals surface area contributed by atoms with E-state index in [0.717, 1.165) is 17.4 Å². The highest BCUT2D eigenvalue weighted by atomic mass is 16.5. The topological polar surface area (TPSA) is 43.4 Å². The van der Waals surface area contributed by atoms with Crippen molar-refractivity contribution in [1.29, 1.82) is 0 Å². The van der Waals surface area contributed by atoms with E-state index >= 15 is 0 Å². The molecule has 0 saturated heterocycles. The Kier molecular flexibility index (Phi) is 6.07. The molecule has 2 aromatic rings. The summed E-state index contributed by atoms with van der Waals surface area (Å²) >= 11 is 0. The fourth-order valence-corrected chi connectivity index (χ4v) is 2.68. The second-order valence-electron chi connectivity index (χ2n) is 5.82. The first-order chi connectivity index (χ1) is 11.6. The number of carbonyl (C=O) groups excluding carboxylic acids is 2. The molecular formula is C21H22O3. The van der Waals surface area contributed by atoms with Gasteiger partial charge in [0.2, 0.25) is 0 Å². The first-order valence-electron chi connectivity index (χ1n) is 8.04. The Bertz CT molecular complexity index is 702. The molecule has 2 atom stereocenters. The molecule has 2 rings (SSSR count). The first kappa shape index (κ1) is 17.7. The van der Waals surface area contributed by atoms with Gasteiger partial charge in [0.25, 0.3) is 0 Å². The normalized spacial score (nSPS) is 12.9. The highest BCUT2D eigenvalue weighted by molar-refractivity contribution is 5.92. The molecule has 0 radical (unpaired) electrons. The number of ether oxygens (including phenoxy) is 1. The van der Waals surface area contributed by atoms with Crippen molar-refractivity contribution in [3.63, 3.8) is 0 Å². The van der Waals surface area contributed by atoms with Gasteiger partial charge in [-0.15, -0.1) is 0 Å². The molecule has 0 aromatic heterocycles. The summed E-state index contributed by atoms with van der Waals surface area (Å²) in [6.45, 7) is 7.85. The molecule has 0 bridgehead atoms. The summed E-state index contributed by atoms with van der Waals surface area (Å²) < 4.78 is 5.39. The molecule has 24 heavy (non-hydrogen) atoms. The fraction of sp³-hybridized carbons (Fsp3) is 0.238. The van der Waals surface area contributed by atoms with E-state index in [1.54, 1.807) is 24.3 Å². The third-order valence-corrected chi connectivity index (χ3v) is 4.10. The molecule has 2 aromatic carbocycles. The molecule has 0 fully saturated rings. The molecule has 0 amide bonds. The van der Waals surface area contributed by atoms with Crippen molar-refractivity contribution >= 4 is 12.3 Å². The molecule has 0 saturated carbocycles. The Hall–Kier alpha value is -2.68. The summed E-state index contributed by atoms with van der Waals surface area (Å²) in [7, 11) is 0. The summed E-state index contributed by atoms with van der Waals surface area (Å²) in [5.74, 6) is -0.745. The van der Waals surface area contributed by atoms with E-state index < -0.39 is 5.97 Å². The summed E-state index contributed by atoms with van der Waals surface area (Å²) in [5, 5.41) is 0. The van der Waals surface area contributed by atoms with Gasteiger partial charge in [-0.1, -0.05) is 61.5 Å². The number of carbonyl (C=O) groups is 2. The maximum Gasteiger partial charge on any atom is 0.339 e. The van der Waals surface area contributed by atoms with Gasteiger partial charge in [0.05, 0.1) is 0 Å². The van der Waals surface area contributed by atoms with Gasteiger partial charge in [-0.25, -0.2) is 4.79 Å². The third kappa shape index (κ3) is 4.19. The van der Waals surface area contributed by atoms with Crippen molar-refractivity contribution in [2.75, 3.05) is 0 Å². The van der Waals surface area contributed by atoms with Crippen LogP contribution in [0.4, 0.5) is 0 Å². The minimum atomic E-state index is -0.507. The van der Waals surface area contributed by atoms with Gasteiger partial charge < -0.3 is 9.53 Å². The van der Waals surface area contributed by atoms with Gasteiger partial charge in [-0.2, -0.15) is 0 Å². The van der Waals surface area contributed by atoms with E-state index in [9.17, 15) is 9.59 Å². The molecule has 0 aliphatic carbocycles. The van der Waals surface area contributed by atoms with Crippen LogP contribution in [0, 0.1) is 12.8 Å². The lowest BCUT2D eigenvalue weighted by Gasteiger charge is -2.24. The lowest BCUT2D eigenvalue weighted by atomic mass is 9.80. The Morgan fingerprint density at radius 2 is 1.75 bits per heavy atom. The molecule has 3 nitrogen and oxygen atoms in total. The Morgan fingerprint density at radius 3 is 2.29 bits per heavy atom. The van der Waals surface area contributed by atoms with Crippen LogP contribution in [0.2, 0.25) is 0 Å². The molecule has 0 aliphatic rings. The monoisotopic (exact) mass is 322 g/mol. The maximum atomic E-state index is 12.5. The number of para-hydroxylation sites is 1. The Morgan fingerprint density at radius 1 is 1.12 bits per heavy atom. The van der Waals surface area contributed by atoms with Gasteiger partial charge in [0, 0.05) is 17.4 Å². The van der Waals surface area contributed by atoms with E-state index in [-0.39, 0.29) is 11.8 Å². The minimum absolute atomic E-state index is 0.293. The number of hydrogen-bond acceptors (Lipinski definition) is 3. The second kappa shape index (κ2) is 8.25. The first-order valence-corrected chi connectivity index (χ1v) is 8.04. The predicted molar refractivity (Wildman–Crippen MR) is 95.0 cm³/mol. The number of rotatable bonds is 7. The Labute approximate surface area is 143 Å². The van der Waals surface area contributed by atoms with Crippen molar-refractivity contribution < 1.29 is 14.3 Å². The molecule has 3 heteroatoms. The summed E-state index contributed by atoms with van der Waals surface area (Å²) in [6.07, 6.45) is 1.52. The van der Waals surface area contributed by atoms with Gasteiger partial charge in [0.15, 0.2) is 0 Å². The van der Waals surface area contributed by atoms with Crippen LogP contribution >= 0.6 is 0 Å². The van der Waals surface area contributed by atoms with Crippen LogP contribution in [0.15, 0.2) is 66.7 Å². The van der Waals surface area contributed by atoms with Gasteiger partial charge >= 0.3 is 5.97 Å². The molecule has 0 unspecified atom stereocenters. The molecule has 0 aliphatic heterocycles. The minimum Gasteiger partial charge on any atom is -0.423 e. The van der Waals surface area contributed by atoms with Crippen molar-refractivity contribution in [1.82, 2.24) is 0 Å². The van der Waals surface area contributed by atoms with Crippen molar-refractivity contribution in [2.24, 2.45) is 5.92 Å². The smallest absolute Gasteiger partial charge is 0.339 e. The van der Waals surface area contributed by atoms with Gasteiger partial charge in [-0.05, 0) is 31.0 Å². The van der Waals surface area contributed by atoms with E-state index in [0.29, 0.717) is 17.7 Å². The van der Waals surface area contributed by atoms with E-state index in [1.165, 1.54) is 0 Å². The third-order valence-electron chi connectivity index (χ3n) is 4.10. The molecule has 0 spiro atoms. The summed E-state index contributed by atoms with van der Waals surface area (Å²) in [6, 6.07) is 16.7. The van der Waals surface area contributed by atoms with Crippen LogP contribution in [0.3, 0.4) is 0 Å². The summed E-state index contributed by atoms with van der Waals surface area (Å²) in [5.41, 5.74) is 2.31. The molecule has 124 valence electrons. The second-order valence-corrected chi connectivity index (χ2v) is 5.82. The largest absolute Gasteiger partial charge is 0.423 e. The van der Waals surface area contributed by atoms with E-state index in [1.807, 2.05) is 44.2 Å². The highest BCUT2D eigenvalue weighted by Crippen LogP contribution is 2.33. The molecule has 0 heterocycles. The van der Waals surface area contributed by atoms with E-state index in [4.69, 9.17) is 4.74 Å². The van der Waals surface area contributed by atoms with Crippen LogP contribution < -0.4 is 4.74 Å². The zero-order valence-corrected chi connectivity index (χ0v) is 14.1. The number of benzene rings is 2. The van der Waals surface area contributed by atoms with Crippen molar-refractivity contribution in [3.05, 3.63) is 77.9 Å². The van der Waals surface area contributed by atoms with Crippen LogP contribution in [0.5, 0.6) is 5.75 Å². The van der Waals surface area contributed by atoms with Crippen LogP contribution in [-0.2, 0) is 9.59 Å². The lowest BCUT2D eigenvalue weighted by molar-refractivity contribution is -0.130. The van der Waals surface area contributed by atoms with Crippen LogP contribution in [-0.4, -0.2) is 12.3 Å². The Balaban J connectivity index is 2.28. The van der Waals surface area contributed by atoms with Crippen molar-refractivity contribution in [3.8, 4) is 5.75 Å². The maximum absolute atomic E-state index is 12.5. The van der Waals surface area contributed by atoms with Crippen LogP contribution in [0.25, 0.3) is 0 Å². The number of esters is 1. The lowest BCUT2D eigenvalue weighted by Crippen LogP contribution is -2.23. The van der Waals surface area contributed by atoms with Crippen molar-refractivity contribution in [2.45, 2.75) is 26.2 Å².